The van der Waals surface area contributed by atoms with Gasteiger partial charge in [-0.3, -0.25) is 0 Å². The molecule has 1 aliphatic rings. The molecule has 0 saturated heterocycles. The first-order valence-electron chi connectivity index (χ1n) is 5.40. The van der Waals surface area contributed by atoms with E-state index in [9.17, 15) is 0 Å². The van der Waals surface area contributed by atoms with Crippen molar-refractivity contribution in [2.45, 2.75) is 46.5 Å². The van der Waals surface area contributed by atoms with Crippen molar-refractivity contribution in [2.75, 3.05) is 6.61 Å². The largest absolute Gasteiger partial charge is 0.396 e. The van der Waals surface area contributed by atoms with Gasteiger partial charge in [-0.25, -0.2) is 0 Å². The fourth-order valence-electron chi connectivity index (χ4n) is 0.942. The van der Waals surface area contributed by atoms with Crippen LogP contribution >= 0.6 is 0 Å². The molecular formula is C12H24O2. The van der Waals surface area contributed by atoms with Crippen LogP contribution < -0.4 is 0 Å². The Kier molecular flexibility index (Phi) is 16.8. The number of hydrogen-bond acceptors (Lipinski definition) is 2. The van der Waals surface area contributed by atoms with Crippen molar-refractivity contribution in [3.63, 3.8) is 0 Å². The van der Waals surface area contributed by atoms with E-state index in [2.05, 4.69) is 26.0 Å². The third-order valence-electron chi connectivity index (χ3n) is 1.76. The van der Waals surface area contributed by atoms with E-state index in [1.54, 1.807) is 0 Å². The molecule has 0 aromatic rings. The van der Waals surface area contributed by atoms with E-state index in [0.29, 0.717) is 6.61 Å². The van der Waals surface area contributed by atoms with Crippen LogP contribution in [0.15, 0.2) is 12.2 Å². The number of carbonyl (C=O) groups excluding carboxylic acids is 1. The van der Waals surface area contributed by atoms with Crippen molar-refractivity contribution < 1.29 is 9.90 Å². The summed E-state index contributed by atoms with van der Waals surface area (Å²) in [5.41, 5.74) is 0. The highest BCUT2D eigenvalue weighted by atomic mass is 16.2. The standard InChI is InChI=1S/C6H10.C4H10O.C2H4O/c1-6-4-2-3-5-6;1-2-3-4-5;1-2-3/h2,4,6H,3,5H2,1H3;5H,2-4H2,1H3;2H,1H3. The van der Waals surface area contributed by atoms with E-state index in [4.69, 9.17) is 9.90 Å². The van der Waals surface area contributed by atoms with E-state index in [1.807, 2.05) is 0 Å². The maximum absolute atomic E-state index is 8.81. The summed E-state index contributed by atoms with van der Waals surface area (Å²) < 4.78 is 0. The van der Waals surface area contributed by atoms with Crippen LogP contribution in [0.5, 0.6) is 0 Å². The summed E-state index contributed by atoms with van der Waals surface area (Å²) in [5, 5.41) is 8.07. The highest BCUT2D eigenvalue weighted by molar-refractivity contribution is 5.44. The van der Waals surface area contributed by atoms with Gasteiger partial charge < -0.3 is 9.90 Å². The van der Waals surface area contributed by atoms with Crippen molar-refractivity contribution in [2.24, 2.45) is 5.92 Å². The summed E-state index contributed by atoms with van der Waals surface area (Å²) in [6.07, 6.45) is 10.0. The summed E-state index contributed by atoms with van der Waals surface area (Å²) in [7, 11) is 0. The number of carbonyl (C=O) groups is 1. The number of allylic oxidation sites excluding steroid dienone is 2. The van der Waals surface area contributed by atoms with Crippen LogP contribution in [0.2, 0.25) is 0 Å². The zero-order valence-electron chi connectivity index (χ0n) is 9.70. The van der Waals surface area contributed by atoms with Crippen molar-refractivity contribution >= 4 is 6.29 Å². The zero-order valence-corrected chi connectivity index (χ0v) is 9.70. The first-order chi connectivity index (χ1) is 6.72. The van der Waals surface area contributed by atoms with Crippen molar-refractivity contribution in [3.05, 3.63) is 12.2 Å². The second-order valence-corrected chi connectivity index (χ2v) is 3.30. The van der Waals surface area contributed by atoms with Gasteiger partial charge in [0.1, 0.15) is 6.29 Å². The Hall–Kier alpha value is -0.630. The molecule has 1 atom stereocenters. The number of hydrogen-bond donors (Lipinski definition) is 1. The smallest absolute Gasteiger partial charge is 0.116 e. The van der Waals surface area contributed by atoms with Gasteiger partial charge >= 0.3 is 0 Å². The lowest BCUT2D eigenvalue weighted by Gasteiger charge is -1.89. The van der Waals surface area contributed by atoms with Crippen molar-refractivity contribution in [1.29, 1.82) is 0 Å². The van der Waals surface area contributed by atoms with E-state index in [0.717, 1.165) is 25.0 Å². The zero-order chi connectivity index (χ0) is 11.2. The minimum Gasteiger partial charge on any atom is -0.396 e. The number of aliphatic hydroxyl groups excluding tert-OH is 1. The van der Waals surface area contributed by atoms with Gasteiger partial charge in [-0.1, -0.05) is 32.4 Å². The molecule has 0 aliphatic heterocycles. The van der Waals surface area contributed by atoms with Crippen LogP contribution in [0.3, 0.4) is 0 Å². The second kappa shape index (κ2) is 14.9. The average molecular weight is 200 g/mol. The van der Waals surface area contributed by atoms with Crippen LogP contribution in [0.1, 0.15) is 46.5 Å². The normalized spacial score (nSPS) is 17.6. The fraction of sp³-hybridized carbons (Fsp3) is 0.750. The lowest BCUT2D eigenvalue weighted by atomic mass is 10.2. The minimum absolute atomic E-state index is 0.344. The topological polar surface area (TPSA) is 37.3 Å². The molecule has 1 unspecified atom stereocenters. The van der Waals surface area contributed by atoms with Crippen LogP contribution in [0, 0.1) is 5.92 Å². The number of rotatable bonds is 2. The predicted molar refractivity (Wildman–Crippen MR) is 61.3 cm³/mol. The van der Waals surface area contributed by atoms with Gasteiger partial charge in [-0.05, 0) is 32.1 Å². The molecule has 84 valence electrons. The van der Waals surface area contributed by atoms with Gasteiger partial charge in [0.15, 0.2) is 0 Å². The van der Waals surface area contributed by atoms with Gasteiger partial charge in [0, 0.05) is 6.61 Å². The molecule has 0 spiro atoms. The first kappa shape index (κ1) is 15.8. The Morgan fingerprint density at radius 1 is 1.57 bits per heavy atom. The van der Waals surface area contributed by atoms with Gasteiger partial charge in [0.25, 0.3) is 0 Å². The number of unbranched alkanes of at least 4 members (excludes halogenated alkanes) is 1. The van der Waals surface area contributed by atoms with Crippen LogP contribution in [0.25, 0.3) is 0 Å². The molecule has 0 aromatic carbocycles. The molecule has 0 radical (unpaired) electrons. The molecule has 2 nitrogen and oxygen atoms in total. The lowest BCUT2D eigenvalue weighted by Crippen LogP contribution is -1.76. The van der Waals surface area contributed by atoms with Crippen LogP contribution in [0.4, 0.5) is 0 Å². The summed E-state index contributed by atoms with van der Waals surface area (Å²) in [4.78, 5) is 8.81. The fourth-order valence-corrected chi connectivity index (χ4v) is 0.942. The first-order valence-corrected chi connectivity index (χ1v) is 5.40. The van der Waals surface area contributed by atoms with Gasteiger partial charge in [0.05, 0.1) is 0 Å². The third kappa shape index (κ3) is 17.5. The second-order valence-electron chi connectivity index (χ2n) is 3.30. The van der Waals surface area contributed by atoms with Crippen LogP contribution in [-0.4, -0.2) is 18.0 Å². The molecule has 0 amide bonds. The van der Waals surface area contributed by atoms with E-state index < -0.39 is 0 Å². The Morgan fingerprint density at radius 2 is 2.14 bits per heavy atom. The number of aldehydes is 1. The highest BCUT2D eigenvalue weighted by Gasteiger charge is 1.98. The lowest BCUT2D eigenvalue weighted by molar-refractivity contribution is -0.106. The Balaban J connectivity index is 0. The molecular weight excluding hydrogens is 176 g/mol. The monoisotopic (exact) mass is 200 g/mol. The summed E-state index contributed by atoms with van der Waals surface area (Å²) in [6, 6.07) is 0. The van der Waals surface area contributed by atoms with E-state index in [1.165, 1.54) is 19.8 Å². The maximum atomic E-state index is 8.81. The molecule has 14 heavy (non-hydrogen) atoms. The molecule has 0 bridgehead atoms. The highest BCUT2D eigenvalue weighted by Crippen LogP contribution is 2.14. The van der Waals surface area contributed by atoms with Gasteiger partial charge in [-0.2, -0.15) is 0 Å². The van der Waals surface area contributed by atoms with E-state index >= 15 is 0 Å². The summed E-state index contributed by atoms with van der Waals surface area (Å²) in [6.45, 7) is 6.09. The molecule has 1 N–H and O–H groups in total. The minimum atomic E-state index is 0.344. The molecule has 0 aromatic heterocycles. The van der Waals surface area contributed by atoms with E-state index in [-0.39, 0.29) is 0 Å². The Labute approximate surface area is 88.0 Å². The van der Waals surface area contributed by atoms with Gasteiger partial charge in [-0.15, -0.1) is 0 Å². The van der Waals surface area contributed by atoms with Crippen molar-refractivity contribution in [1.82, 2.24) is 0 Å². The molecule has 0 saturated carbocycles. The van der Waals surface area contributed by atoms with Gasteiger partial charge in [0.2, 0.25) is 0 Å². The third-order valence-corrected chi connectivity index (χ3v) is 1.76. The predicted octanol–water partition coefficient (Wildman–Crippen LogP) is 2.96. The molecule has 2 heteroatoms. The SMILES string of the molecule is CC1C=CCC1.CC=O.CCCCO. The van der Waals surface area contributed by atoms with Crippen molar-refractivity contribution in [3.8, 4) is 0 Å². The number of aliphatic hydroxyl groups is 1. The Morgan fingerprint density at radius 3 is 2.21 bits per heavy atom. The Bertz CT molecular complexity index is 128. The average Bonchev–Trinajstić information content (AvgIpc) is 2.60. The molecule has 1 rings (SSSR count). The summed E-state index contributed by atoms with van der Waals surface area (Å²) >= 11 is 0. The summed E-state index contributed by atoms with van der Waals surface area (Å²) in [5.74, 6) is 0.866. The molecule has 0 heterocycles. The quantitative estimate of drug-likeness (QED) is 0.549. The van der Waals surface area contributed by atoms with Crippen LogP contribution in [-0.2, 0) is 4.79 Å². The molecule has 1 aliphatic carbocycles. The molecule has 0 fully saturated rings. The maximum Gasteiger partial charge on any atom is 0.116 e.